The number of nitrogens with zero attached hydrogens (tertiary/aromatic N) is 3. The molecule has 0 unspecified atom stereocenters. The van der Waals surface area contributed by atoms with Crippen molar-refractivity contribution in [1.29, 1.82) is 0 Å². The Bertz CT molecular complexity index is 6470. The fourth-order valence-corrected chi connectivity index (χ4v) is 16.8. The van der Waals surface area contributed by atoms with Crippen LogP contribution in [0.2, 0.25) is 0 Å². The molecule has 3 nitrogen and oxygen atoms in total. The van der Waals surface area contributed by atoms with Crippen LogP contribution in [0.15, 0.2) is 419 Å². The van der Waals surface area contributed by atoms with Crippen molar-refractivity contribution in [2.45, 2.75) is 5.41 Å². The predicted octanol–water partition coefficient (Wildman–Crippen LogP) is 27.6. The van der Waals surface area contributed by atoms with Crippen LogP contribution < -0.4 is 0 Å². The summed E-state index contributed by atoms with van der Waals surface area (Å²) in [6.45, 7) is 0. The first kappa shape index (κ1) is 64.4. The van der Waals surface area contributed by atoms with E-state index in [1.54, 1.807) is 0 Å². The van der Waals surface area contributed by atoms with E-state index in [-0.39, 0.29) is 0 Å². The molecule has 1 heterocycles. The zero-order valence-corrected chi connectivity index (χ0v) is 59.7. The van der Waals surface area contributed by atoms with Crippen molar-refractivity contribution in [3.05, 3.63) is 441 Å². The van der Waals surface area contributed by atoms with E-state index >= 15 is 0 Å². The number of rotatable bonds is 14. The average Bonchev–Trinajstić information content (AvgIpc) is 1.51. The molecule has 20 rings (SSSR count). The molecule has 1 aromatic heterocycles. The molecule has 0 saturated carbocycles. The molecule has 0 amide bonds. The Morgan fingerprint density at radius 2 is 0.303 bits per heavy atom. The molecule has 109 heavy (non-hydrogen) atoms. The zero-order valence-electron chi connectivity index (χ0n) is 59.7. The van der Waals surface area contributed by atoms with Gasteiger partial charge < -0.3 is 0 Å². The molecular formula is C106H69N3. The lowest BCUT2D eigenvalue weighted by Crippen LogP contribution is -2.25. The summed E-state index contributed by atoms with van der Waals surface area (Å²) in [5, 5.41) is 0. The summed E-state index contributed by atoms with van der Waals surface area (Å²) in [4.78, 5) is 15.8. The Labute approximate surface area is 635 Å². The second-order valence-electron chi connectivity index (χ2n) is 28.6. The fraction of sp³-hybridized carbons (Fsp3) is 0.00943. The summed E-state index contributed by atoms with van der Waals surface area (Å²) in [6, 6.07) is 152. The topological polar surface area (TPSA) is 38.7 Å². The minimum absolute atomic E-state index is 0.394. The molecule has 17 aromatic carbocycles. The van der Waals surface area contributed by atoms with Crippen molar-refractivity contribution in [1.82, 2.24) is 15.0 Å². The van der Waals surface area contributed by atoms with E-state index in [4.69, 9.17) is 15.0 Å². The zero-order chi connectivity index (χ0) is 72.2. The number of hydrogen-bond acceptors (Lipinski definition) is 3. The molecule has 0 bridgehead atoms. The van der Waals surface area contributed by atoms with Gasteiger partial charge in [-0.1, -0.05) is 358 Å². The Morgan fingerprint density at radius 3 is 0.596 bits per heavy atom. The SMILES string of the molecule is c1ccc(-c2cccc(-c3ccc(-c4nc(-c5ccc(-c6cccc(-c7cccc(-c8ccccc8)c7)c6)cc5)nc(-c5cccc(-c6cccc(-c7cccc(-c8cccc(-c9cccc(-c%10cccc(-c%11ccc%12c(c%11)C%11(c%13ccccc%13-c%13ccccc%13%11)c%11ccccc%11-%12)c%10)c9)c8)c7)c6)c5)n4)cc3)c2)cc1. The van der Waals surface area contributed by atoms with Gasteiger partial charge in [0.2, 0.25) is 0 Å². The van der Waals surface area contributed by atoms with Gasteiger partial charge in [0.15, 0.2) is 17.5 Å². The van der Waals surface area contributed by atoms with Crippen molar-refractivity contribution in [2.75, 3.05) is 0 Å². The number of fused-ring (bicyclic) bond motifs is 10. The second kappa shape index (κ2) is 27.3. The van der Waals surface area contributed by atoms with Gasteiger partial charge in [0.05, 0.1) is 5.41 Å². The maximum absolute atomic E-state index is 5.30. The smallest absolute Gasteiger partial charge is 0.164 e. The van der Waals surface area contributed by atoms with Crippen LogP contribution in [0.3, 0.4) is 0 Å². The first-order chi connectivity index (χ1) is 53.9. The lowest BCUT2D eigenvalue weighted by Gasteiger charge is -2.30. The van der Waals surface area contributed by atoms with Gasteiger partial charge in [0, 0.05) is 16.7 Å². The van der Waals surface area contributed by atoms with Crippen molar-refractivity contribution in [3.8, 4) is 179 Å². The first-order valence-corrected chi connectivity index (χ1v) is 37.4. The van der Waals surface area contributed by atoms with Crippen molar-refractivity contribution in [2.24, 2.45) is 0 Å². The summed E-state index contributed by atoms with van der Waals surface area (Å²) in [5.41, 5.74) is 38.4. The molecule has 2 aliphatic rings. The molecular weight excluding hydrogens is 1320 g/mol. The molecule has 3 heteroatoms. The maximum Gasteiger partial charge on any atom is 0.164 e. The van der Waals surface area contributed by atoms with E-state index in [9.17, 15) is 0 Å². The van der Waals surface area contributed by atoms with Crippen LogP contribution in [0.4, 0.5) is 0 Å². The van der Waals surface area contributed by atoms with Gasteiger partial charge in [-0.2, -0.15) is 0 Å². The minimum Gasteiger partial charge on any atom is -0.208 e. The standard InChI is InChI=1S/C106H69N3/c1-3-22-70(23-4-1)76-26-13-28-78(60-76)72-50-54-74(55-51-72)103-107-104(75-56-52-73(53-57-75)79-29-15-31-81(62-79)80-30-14-27-77(61-80)71-24-5-2-6-25-71)109-105(108-103)94-43-21-42-92(68-94)90-40-19-38-88(66-90)86-36-17-34-84(64-86)82-32-16-33-83(63-82)85-35-18-37-87(65-85)89-39-20-41-91(67-89)93-58-59-98-97-46-9-12-49-101(97)106(102(98)69-93)99-47-10-7-44-95(99)96-45-8-11-48-100(96)106/h1-69H. The molecule has 0 fully saturated rings. The van der Waals surface area contributed by atoms with Crippen molar-refractivity contribution < 1.29 is 0 Å². The maximum atomic E-state index is 5.30. The lowest BCUT2D eigenvalue weighted by atomic mass is 9.70. The Balaban J connectivity index is 0.584. The van der Waals surface area contributed by atoms with Crippen LogP contribution in [0.1, 0.15) is 22.3 Å². The predicted molar refractivity (Wildman–Crippen MR) is 452 cm³/mol. The third-order valence-electron chi connectivity index (χ3n) is 22.2. The summed E-state index contributed by atoms with van der Waals surface area (Å²) in [6.07, 6.45) is 0. The first-order valence-electron chi connectivity index (χ1n) is 37.4. The molecule has 2 aliphatic carbocycles. The quantitative estimate of drug-likeness (QED) is 0.109. The van der Waals surface area contributed by atoms with Gasteiger partial charge in [0.25, 0.3) is 0 Å². The van der Waals surface area contributed by atoms with Gasteiger partial charge >= 0.3 is 0 Å². The molecule has 0 atom stereocenters. The van der Waals surface area contributed by atoms with Crippen LogP contribution in [0.5, 0.6) is 0 Å². The molecule has 18 aromatic rings. The molecule has 0 N–H and O–H groups in total. The highest BCUT2D eigenvalue weighted by atomic mass is 15.0. The van der Waals surface area contributed by atoms with Crippen LogP contribution in [0.25, 0.3) is 179 Å². The molecule has 0 saturated heterocycles. The highest BCUT2D eigenvalue weighted by Crippen LogP contribution is 2.63. The van der Waals surface area contributed by atoms with Gasteiger partial charge in [-0.25, -0.2) is 15.0 Å². The Morgan fingerprint density at radius 1 is 0.119 bits per heavy atom. The van der Waals surface area contributed by atoms with E-state index in [0.29, 0.717) is 17.5 Å². The Hall–Kier alpha value is -14.3. The summed E-state index contributed by atoms with van der Waals surface area (Å²) in [7, 11) is 0. The summed E-state index contributed by atoms with van der Waals surface area (Å²) >= 11 is 0. The van der Waals surface area contributed by atoms with Gasteiger partial charge in [-0.15, -0.1) is 0 Å². The molecule has 508 valence electrons. The third-order valence-corrected chi connectivity index (χ3v) is 22.2. The van der Waals surface area contributed by atoms with Crippen LogP contribution in [-0.4, -0.2) is 15.0 Å². The van der Waals surface area contributed by atoms with E-state index in [2.05, 4.69) is 419 Å². The van der Waals surface area contributed by atoms with Gasteiger partial charge in [-0.3, -0.25) is 0 Å². The Kier molecular flexibility index (Phi) is 16.1. The highest BCUT2D eigenvalue weighted by Gasteiger charge is 2.51. The average molecular weight is 1380 g/mol. The van der Waals surface area contributed by atoms with Crippen molar-refractivity contribution in [3.63, 3.8) is 0 Å². The van der Waals surface area contributed by atoms with E-state index in [1.165, 1.54) is 100 Å². The largest absolute Gasteiger partial charge is 0.208 e. The number of hydrogen-bond donors (Lipinski definition) is 0. The fourth-order valence-electron chi connectivity index (χ4n) is 16.8. The van der Waals surface area contributed by atoms with Crippen LogP contribution in [-0.2, 0) is 5.41 Å². The molecule has 0 aliphatic heterocycles. The van der Waals surface area contributed by atoms with E-state index < -0.39 is 5.41 Å². The van der Waals surface area contributed by atoms with Gasteiger partial charge in [0.1, 0.15) is 0 Å². The van der Waals surface area contributed by atoms with Crippen LogP contribution >= 0.6 is 0 Å². The normalized spacial score (nSPS) is 12.1. The number of aromatic nitrogens is 3. The third kappa shape index (κ3) is 11.9. The summed E-state index contributed by atoms with van der Waals surface area (Å²) < 4.78 is 0. The van der Waals surface area contributed by atoms with Gasteiger partial charge in [-0.05, 0) is 228 Å². The number of benzene rings is 17. The monoisotopic (exact) mass is 1380 g/mol. The molecule has 1 spiro atoms. The lowest BCUT2D eigenvalue weighted by molar-refractivity contribution is 0.794. The minimum atomic E-state index is -0.394. The molecule has 0 radical (unpaired) electrons. The highest BCUT2D eigenvalue weighted by molar-refractivity contribution is 5.97. The van der Waals surface area contributed by atoms with E-state index in [1.807, 2.05) is 0 Å². The van der Waals surface area contributed by atoms with Crippen LogP contribution in [0, 0.1) is 0 Å². The second-order valence-corrected chi connectivity index (χ2v) is 28.6. The van der Waals surface area contributed by atoms with Crippen molar-refractivity contribution >= 4 is 0 Å². The van der Waals surface area contributed by atoms with E-state index in [0.717, 1.165) is 83.5 Å². The summed E-state index contributed by atoms with van der Waals surface area (Å²) in [5.74, 6) is 1.79.